The highest BCUT2D eigenvalue weighted by Gasteiger charge is 2.29. The number of thioether (sulfide) groups is 1. The smallest absolute Gasteiger partial charge is 0.191 e. The number of Topliss-reactive ketones (excluding diaryl/α,β-unsaturated/α-hetero) is 1. The lowest BCUT2D eigenvalue weighted by Crippen LogP contribution is -2.11. The van der Waals surface area contributed by atoms with Crippen LogP contribution in [0.3, 0.4) is 0 Å². The monoisotopic (exact) mass is 409 g/mol. The number of carbonyl (C=O) groups is 1. The summed E-state index contributed by atoms with van der Waals surface area (Å²) in [5.41, 5.74) is 0.579. The number of sulfone groups is 1. The first-order valence-corrected chi connectivity index (χ1v) is 11.6. The number of ether oxygens (including phenoxy) is 1. The lowest BCUT2D eigenvalue weighted by molar-refractivity contribution is 0.101. The van der Waals surface area contributed by atoms with E-state index in [-0.39, 0.29) is 23.2 Å². The van der Waals surface area contributed by atoms with E-state index in [9.17, 15) is 13.2 Å². The maximum atomic E-state index is 11.6. The van der Waals surface area contributed by atoms with Crippen molar-refractivity contribution in [2.45, 2.75) is 24.9 Å². The van der Waals surface area contributed by atoms with Crippen molar-refractivity contribution >= 4 is 27.4 Å². The van der Waals surface area contributed by atoms with Gasteiger partial charge in [-0.1, -0.05) is 23.9 Å². The zero-order valence-corrected chi connectivity index (χ0v) is 17.1. The highest BCUT2D eigenvalue weighted by Crippen LogP contribution is 2.24. The van der Waals surface area contributed by atoms with E-state index >= 15 is 0 Å². The van der Waals surface area contributed by atoms with Crippen LogP contribution in [-0.2, 0) is 23.3 Å². The van der Waals surface area contributed by atoms with Crippen LogP contribution in [-0.4, -0.2) is 52.8 Å². The summed E-state index contributed by atoms with van der Waals surface area (Å²) < 4.78 is 30.8. The molecule has 0 amide bonds. The average Bonchev–Trinajstić information content (AvgIpc) is 3.15. The van der Waals surface area contributed by atoms with Gasteiger partial charge in [0.2, 0.25) is 0 Å². The molecule has 1 fully saturated rings. The molecule has 0 bridgehead atoms. The zero-order chi connectivity index (χ0) is 19.4. The summed E-state index contributed by atoms with van der Waals surface area (Å²) in [5.74, 6) is 2.68. The predicted octanol–water partition coefficient (Wildman–Crippen LogP) is 2.17. The third-order valence-electron chi connectivity index (χ3n) is 4.56. The Hall–Kier alpha value is -1.87. The molecule has 0 radical (unpaired) electrons. The van der Waals surface area contributed by atoms with Gasteiger partial charge in [-0.05, 0) is 31.4 Å². The summed E-state index contributed by atoms with van der Waals surface area (Å²) in [6.07, 6.45) is 1.33. The first-order chi connectivity index (χ1) is 12.9. The first-order valence-electron chi connectivity index (χ1n) is 8.80. The Bertz CT molecular complexity index is 924. The van der Waals surface area contributed by atoms with Gasteiger partial charge in [0.1, 0.15) is 11.6 Å². The number of aromatic nitrogens is 3. The molecule has 0 aliphatic carbocycles. The van der Waals surface area contributed by atoms with Crippen LogP contribution in [0.4, 0.5) is 0 Å². The van der Waals surface area contributed by atoms with E-state index < -0.39 is 9.84 Å². The predicted molar refractivity (Wildman–Crippen MR) is 104 cm³/mol. The van der Waals surface area contributed by atoms with E-state index in [0.717, 1.165) is 11.0 Å². The van der Waals surface area contributed by atoms with Crippen LogP contribution >= 0.6 is 11.8 Å². The summed E-state index contributed by atoms with van der Waals surface area (Å²) in [7, 11) is -0.983. The van der Waals surface area contributed by atoms with E-state index in [1.165, 1.54) is 18.7 Å². The van der Waals surface area contributed by atoms with Gasteiger partial charge in [0.15, 0.2) is 20.8 Å². The van der Waals surface area contributed by atoms with Gasteiger partial charge in [0.25, 0.3) is 0 Å². The van der Waals surface area contributed by atoms with Gasteiger partial charge < -0.3 is 9.30 Å². The number of hydrogen-bond acceptors (Lipinski definition) is 7. The summed E-state index contributed by atoms with van der Waals surface area (Å²) >= 11 is 1.52. The van der Waals surface area contributed by atoms with Crippen molar-refractivity contribution in [3.63, 3.8) is 0 Å². The van der Waals surface area contributed by atoms with Crippen LogP contribution in [0, 0.1) is 5.92 Å². The SMILES string of the molecule is CC(=O)c1ccccc1OCCSc1nnc(C[C@H]2CCS(=O)(=O)C2)n1C. The van der Waals surface area contributed by atoms with Crippen LogP contribution in [0.1, 0.15) is 29.5 Å². The fraction of sp³-hybridized carbons (Fsp3) is 0.500. The Labute approximate surface area is 163 Å². The molecule has 1 aliphatic rings. The quantitative estimate of drug-likeness (QED) is 0.375. The van der Waals surface area contributed by atoms with Crippen molar-refractivity contribution in [2.75, 3.05) is 23.9 Å². The van der Waals surface area contributed by atoms with Gasteiger partial charge in [-0.2, -0.15) is 0 Å². The number of carbonyl (C=O) groups excluding carboxylic acids is 1. The molecule has 2 heterocycles. The average molecular weight is 410 g/mol. The minimum atomic E-state index is -2.88. The van der Waals surface area contributed by atoms with E-state index in [0.29, 0.717) is 36.5 Å². The minimum absolute atomic E-state index is 0.0230. The largest absolute Gasteiger partial charge is 0.492 e. The van der Waals surface area contributed by atoms with Crippen molar-refractivity contribution in [1.82, 2.24) is 14.8 Å². The summed E-state index contributed by atoms with van der Waals surface area (Å²) in [6, 6.07) is 7.20. The first kappa shape index (κ1) is 19.9. The second kappa shape index (κ2) is 8.43. The van der Waals surface area contributed by atoms with Crippen LogP contribution in [0.5, 0.6) is 5.75 Å². The summed E-state index contributed by atoms with van der Waals surface area (Å²) in [4.78, 5) is 11.6. The molecule has 0 saturated carbocycles. The lowest BCUT2D eigenvalue weighted by atomic mass is 10.1. The second-order valence-electron chi connectivity index (χ2n) is 6.68. The number of benzene rings is 1. The Kier molecular flexibility index (Phi) is 6.21. The Morgan fingerprint density at radius 2 is 2.11 bits per heavy atom. The molecule has 1 atom stereocenters. The molecule has 9 heteroatoms. The third-order valence-corrected chi connectivity index (χ3v) is 7.38. The van der Waals surface area contributed by atoms with Crippen molar-refractivity contribution < 1.29 is 17.9 Å². The van der Waals surface area contributed by atoms with Crippen molar-refractivity contribution in [3.05, 3.63) is 35.7 Å². The molecule has 3 rings (SSSR count). The number of ketones is 1. The second-order valence-corrected chi connectivity index (χ2v) is 9.97. The van der Waals surface area contributed by atoms with Gasteiger partial charge in [-0.3, -0.25) is 4.79 Å². The number of hydrogen-bond donors (Lipinski definition) is 0. The molecular weight excluding hydrogens is 386 g/mol. The fourth-order valence-electron chi connectivity index (χ4n) is 3.11. The van der Waals surface area contributed by atoms with Crippen LogP contribution < -0.4 is 4.74 Å². The number of nitrogens with zero attached hydrogens (tertiary/aromatic N) is 3. The maximum absolute atomic E-state index is 11.6. The molecule has 146 valence electrons. The highest BCUT2D eigenvalue weighted by molar-refractivity contribution is 7.99. The van der Waals surface area contributed by atoms with Crippen LogP contribution in [0.15, 0.2) is 29.4 Å². The Morgan fingerprint density at radius 3 is 2.81 bits per heavy atom. The van der Waals surface area contributed by atoms with Gasteiger partial charge in [0.05, 0.1) is 23.7 Å². The van der Waals surface area contributed by atoms with Crippen molar-refractivity contribution in [1.29, 1.82) is 0 Å². The Morgan fingerprint density at radius 1 is 1.33 bits per heavy atom. The topological polar surface area (TPSA) is 91.2 Å². The maximum Gasteiger partial charge on any atom is 0.191 e. The molecule has 0 unspecified atom stereocenters. The van der Waals surface area contributed by atoms with Gasteiger partial charge >= 0.3 is 0 Å². The fourth-order valence-corrected chi connectivity index (χ4v) is 5.72. The summed E-state index contributed by atoms with van der Waals surface area (Å²) in [5, 5.41) is 9.19. The molecule has 1 aliphatic heterocycles. The zero-order valence-electron chi connectivity index (χ0n) is 15.4. The molecule has 27 heavy (non-hydrogen) atoms. The van der Waals surface area contributed by atoms with Crippen molar-refractivity contribution in [2.24, 2.45) is 13.0 Å². The summed E-state index contributed by atoms with van der Waals surface area (Å²) in [6.45, 7) is 1.96. The molecule has 1 saturated heterocycles. The molecule has 1 aromatic carbocycles. The van der Waals surface area contributed by atoms with E-state index in [2.05, 4.69) is 10.2 Å². The van der Waals surface area contributed by atoms with Gasteiger partial charge in [-0.25, -0.2) is 8.42 Å². The normalized spacial score (nSPS) is 18.5. The standard InChI is InChI=1S/C18H23N3O4S2/c1-13(22)15-5-3-4-6-16(15)25-8-9-26-18-20-19-17(21(18)2)11-14-7-10-27(23,24)12-14/h3-6,14H,7-12H2,1-2H3/t14-/m1/s1. The molecule has 7 nitrogen and oxygen atoms in total. The van der Waals surface area contributed by atoms with Crippen molar-refractivity contribution in [3.8, 4) is 5.75 Å². The number of rotatable bonds is 8. The van der Waals surface area contributed by atoms with Crippen LogP contribution in [0.2, 0.25) is 0 Å². The molecule has 0 N–H and O–H groups in total. The van der Waals surface area contributed by atoms with E-state index in [4.69, 9.17) is 4.74 Å². The lowest BCUT2D eigenvalue weighted by Gasteiger charge is -2.10. The molecule has 2 aromatic rings. The van der Waals surface area contributed by atoms with Gasteiger partial charge in [0, 0.05) is 19.2 Å². The molecule has 0 spiro atoms. The molecule has 1 aromatic heterocycles. The van der Waals surface area contributed by atoms with E-state index in [1.54, 1.807) is 12.1 Å². The van der Waals surface area contributed by atoms with Gasteiger partial charge in [-0.15, -0.1) is 10.2 Å². The van der Waals surface area contributed by atoms with E-state index in [1.807, 2.05) is 23.7 Å². The Balaban J connectivity index is 1.51. The van der Waals surface area contributed by atoms with Crippen LogP contribution in [0.25, 0.3) is 0 Å². The third kappa shape index (κ3) is 5.10. The highest BCUT2D eigenvalue weighted by atomic mass is 32.2. The molecular formula is C18H23N3O4S2. The number of para-hydroxylation sites is 1. The minimum Gasteiger partial charge on any atom is -0.492 e.